The van der Waals surface area contributed by atoms with Gasteiger partial charge in [0.2, 0.25) is 0 Å². The molecule has 2 N–H and O–H groups in total. The van der Waals surface area contributed by atoms with Crippen LogP contribution in [0.1, 0.15) is 10.4 Å². The van der Waals surface area contributed by atoms with E-state index in [4.69, 9.17) is 0 Å². The van der Waals surface area contributed by atoms with Crippen molar-refractivity contribution < 1.29 is 9.18 Å². The highest BCUT2D eigenvalue weighted by Gasteiger charge is 2.14. The first-order valence-corrected chi connectivity index (χ1v) is 5.27. The zero-order valence-corrected chi connectivity index (χ0v) is 9.64. The van der Waals surface area contributed by atoms with Crippen molar-refractivity contribution in [3.8, 4) is 0 Å². The fourth-order valence-electron chi connectivity index (χ4n) is 1.52. The summed E-state index contributed by atoms with van der Waals surface area (Å²) in [5, 5.41) is 12.6. The number of rotatable bonds is 3. The zero-order valence-electron chi connectivity index (χ0n) is 9.64. The van der Waals surface area contributed by atoms with Gasteiger partial charge in [-0.3, -0.25) is 4.79 Å². The first-order valence-electron chi connectivity index (χ1n) is 5.27. The summed E-state index contributed by atoms with van der Waals surface area (Å²) in [6.07, 6.45) is 1.50. The second kappa shape index (κ2) is 5.22. The van der Waals surface area contributed by atoms with Crippen LogP contribution < -0.4 is 10.6 Å². The summed E-state index contributed by atoms with van der Waals surface area (Å²) in [4.78, 5) is 12.0. The second-order valence-corrected chi connectivity index (χ2v) is 3.48. The minimum atomic E-state index is -0.482. The Hall–Kier alpha value is -2.50. The molecule has 1 aromatic heterocycles. The van der Waals surface area contributed by atoms with Gasteiger partial charge < -0.3 is 10.6 Å². The molecule has 0 aliphatic carbocycles. The number of para-hydroxylation sites is 1. The Morgan fingerprint density at radius 2 is 2.11 bits per heavy atom. The molecule has 0 spiro atoms. The Balaban J connectivity index is 2.27. The summed E-state index contributed by atoms with van der Waals surface area (Å²) in [6, 6.07) is 7.53. The van der Waals surface area contributed by atoms with Crippen molar-refractivity contribution in [1.82, 2.24) is 10.2 Å². The van der Waals surface area contributed by atoms with E-state index in [0.29, 0.717) is 5.82 Å². The van der Waals surface area contributed by atoms with Crippen LogP contribution in [0.3, 0.4) is 0 Å². The predicted octanol–water partition coefficient (Wildman–Crippen LogP) is 1.91. The van der Waals surface area contributed by atoms with E-state index in [1.54, 1.807) is 19.2 Å². The number of halogens is 1. The minimum Gasteiger partial charge on any atom is -0.385 e. The van der Waals surface area contributed by atoms with Gasteiger partial charge in [-0.05, 0) is 24.3 Å². The summed E-state index contributed by atoms with van der Waals surface area (Å²) in [7, 11) is 1.55. The summed E-state index contributed by atoms with van der Waals surface area (Å²) in [5.41, 5.74) is 0.363. The molecule has 0 saturated heterocycles. The standard InChI is InChI=1S/C12H11FN4O/c1-14-11-8(4-2-5-9(11)13)12(18)16-10-6-3-7-15-17-10/h2-7,14H,1H3,(H,16,17,18). The minimum absolute atomic E-state index is 0.152. The highest BCUT2D eigenvalue weighted by molar-refractivity contribution is 6.07. The van der Waals surface area contributed by atoms with E-state index in [0.717, 1.165) is 0 Å². The normalized spacial score (nSPS) is 9.89. The van der Waals surface area contributed by atoms with Gasteiger partial charge in [0.1, 0.15) is 5.82 Å². The molecule has 0 radical (unpaired) electrons. The third-order valence-electron chi connectivity index (χ3n) is 2.32. The molecule has 2 rings (SSSR count). The van der Waals surface area contributed by atoms with Crippen LogP contribution in [0.4, 0.5) is 15.9 Å². The van der Waals surface area contributed by atoms with Crippen molar-refractivity contribution in [2.24, 2.45) is 0 Å². The van der Waals surface area contributed by atoms with Gasteiger partial charge in [-0.15, -0.1) is 5.10 Å². The third kappa shape index (κ3) is 2.42. The van der Waals surface area contributed by atoms with Crippen molar-refractivity contribution in [1.29, 1.82) is 0 Å². The Morgan fingerprint density at radius 1 is 1.28 bits per heavy atom. The number of nitrogens with one attached hydrogen (secondary N) is 2. The number of hydrogen-bond donors (Lipinski definition) is 2. The van der Waals surface area contributed by atoms with Crippen LogP contribution in [0.15, 0.2) is 36.5 Å². The Kier molecular flexibility index (Phi) is 3.47. The van der Waals surface area contributed by atoms with Gasteiger partial charge in [0.05, 0.1) is 11.3 Å². The van der Waals surface area contributed by atoms with Crippen LogP contribution in [-0.2, 0) is 0 Å². The highest BCUT2D eigenvalue weighted by Crippen LogP contribution is 2.20. The Bertz CT molecular complexity index is 559. The van der Waals surface area contributed by atoms with Crippen LogP contribution >= 0.6 is 0 Å². The fourth-order valence-corrected chi connectivity index (χ4v) is 1.52. The number of hydrogen-bond acceptors (Lipinski definition) is 4. The van der Waals surface area contributed by atoms with Crippen LogP contribution in [-0.4, -0.2) is 23.2 Å². The topological polar surface area (TPSA) is 66.9 Å². The van der Waals surface area contributed by atoms with Crippen molar-refractivity contribution in [3.63, 3.8) is 0 Å². The molecule has 0 saturated carbocycles. The maximum atomic E-state index is 13.5. The molecule has 0 unspecified atom stereocenters. The summed E-state index contributed by atoms with van der Waals surface area (Å²) >= 11 is 0. The third-order valence-corrected chi connectivity index (χ3v) is 2.32. The smallest absolute Gasteiger partial charge is 0.259 e. The molecule has 1 aromatic carbocycles. The fraction of sp³-hybridized carbons (Fsp3) is 0.0833. The van der Waals surface area contributed by atoms with Gasteiger partial charge in [0, 0.05) is 13.2 Å². The van der Waals surface area contributed by atoms with Gasteiger partial charge in [0.15, 0.2) is 5.82 Å². The molecule has 0 bridgehead atoms. The lowest BCUT2D eigenvalue weighted by Crippen LogP contribution is -2.15. The molecular weight excluding hydrogens is 235 g/mol. The molecule has 1 amide bonds. The van der Waals surface area contributed by atoms with E-state index >= 15 is 0 Å². The lowest BCUT2D eigenvalue weighted by molar-refractivity contribution is 0.102. The average molecular weight is 246 g/mol. The number of anilines is 2. The Morgan fingerprint density at radius 3 is 2.78 bits per heavy atom. The van der Waals surface area contributed by atoms with Crippen molar-refractivity contribution in [2.45, 2.75) is 0 Å². The van der Waals surface area contributed by atoms with Crippen LogP contribution in [0, 0.1) is 5.82 Å². The van der Waals surface area contributed by atoms with E-state index < -0.39 is 11.7 Å². The maximum Gasteiger partial charge on any atom is 0.259 e. The molecule has 6 heteroatoms. The first-order chi connectivity index (χ1) is 8.72. The number of aromatic nitrogens is 2. The van der Waals surface area contributed by atoms with Gasteiger partial charge in [-0.25, -0.2) is 4.39 Å². The van der Waals surface area contributed by atoms with Crippen LogP contribution in [0.2, 0.25) is 0 Å². The molecule has 92 valence electrons. The molecule has 0 fully saturated rings. The van der Waals surface area contributed by atoms with E-state index in [2.05, 4.69) is 20.8 Å². The SMILES string of the molecule is CNc1c(F)cccc1C(=O)Nc1cccnn1. The lowest BCUT2D eigenvalue weighted by atomic mass is 10.1. The lowest BCUT2D eigenvalue weighted by Gasteiger charge is -2.09. The van der Waals surface area contributed by atoms with Crippen molar-refractivity contribution in [3.05, 3.63) is 47.9 Å². The maximum absolute atomic E-state index is 13.5. The molecular formula is C12H11FN4O. The van der Waals surface area contributed by atoms with E-state index in [1.807, 2.05) is 0 Å². The van der Waals surface area contributed by atoms with Crippen LogP contribution in [0.5, 0.6) is 0 Å². The van der Waals surface area contributed by atoms with Gasteiger partial charge >= 0.3 is 0 Å². The molecule has 0 atom stereocenters. The number of carbonyl (C=O) groups is 1. The monoisotopic (exact) mass is 246 g/mol. The van der Waals surface area contributed by atoms with Gasteiger partial charge in [-0.1, -0.05) is 6.07 Å². The number of amides is 1. The van der Waals surface area contributed by atoms with Crippen LogP contribution in [0.25, 0.3) is 0 Å². The summed E-state index contributed by atoms with van der Waals surface area (Å²) in [6.45, 7) is 0. The summed E-state index contributed by atoms with van der Waals surface area (Å²) < 4.78 is 13.5. The first kappa shape index (κ1) is 12.0. The molecule has 5 nitrogen and oxygen atoms in total. The zero-order chi connectivity index (χ0) is 13.0. The molecule has 0 aliphatic heterocycles. The molecule has 2 aromatic rings. The summed E-state index contributed by atoms with van der Waals surface area (Å²) in [5.74, 6) is -0.613. The van der Waals surface area contributed by atoms with E-state index in [9.17, 15) is 9.18 Å². The second-order valence-electron chi connectivity index (χ2n) is 3.48. The predicted molar refractivity (Wildman–Crippen MR) is 65.9 cm³/mol. The van der Waals surface area contributed by atoms with E-state index in [-0.39, 0.29) is 11.3 Å². The number of nitrogens with zero attached hydrogens (tertiary/aromatic N) is 2. The number of carbonyl (C=O) groups excluding carboxylic acids is 1. The Labute approximate surface area is 103 Å². The van der Waals surface area contributed by atoms with Crippen molar-refractivity contribution in [2.75, 3.05) is 17.7 Å². The van der Waals surface area contributed by atoms with E-state index in [1.165, 1.54) is 24.4 Å². The van der Waals surface area contributed by atoms with Gasteiger partial charge in [-0.2, -0.15) is 5.10 Å². The molecule has 0 aliphatic rings. The largest absolute Gasteiger partial charge is 0.385 e. The molecule has 18 heavy (non-hydrogen) atoms. The average Bonchev–Trinajstić information content (AvgIpc) is 2.39. The van der Waals surface area contributed by atoms with Crippen molar-refractivity contribution >= 4 is 17.4 Å². The number of benzene rings is 1. The highest BCUT2D eigenvalue weighted by atomic mass is 19.1. The van der Waals surface area contributed by atoms with Gasteiger partial charge in [0.25, 0.3) is 5.91 Å². The molecule has 1 heterocycles. The quantitative estimate of drug-likeness (QED) is 0.868.